The van der Waals surface area contributed by atoms with Gasteiger partial charge in [-0.1, -0.05) is 30.4 Å². The molecular formula is C14H16O2S. The number of benzene rings is 1. The highest BCUT2D eigenvalue weighted by atomic mass is 32.2. The molecule has 0 radical (unpaired) electrons. The number of fused-ring (bicyclic) bond motifs is 2. The van der Waals surface area contributed by atoms with Crippen molar-refractivity contribution >= 4 is 9.84 Å². The van der Waals surface area contributed by atoms with Gasteiger partial charge < -0.3 is 0 Å². The van der Waals surface area contributed by atoms with Crippen LogP contribution in [0.3, 0.4) is 0 Å². The lowest BCUT2D eigenvalue weighted by Crippen LogP contribution is -2.28. The Labute approximate surface area is 102 Å². The molecule has 90 valence electrons. The van der Waals surface area contributed by atoms with Crippen LogP contribution in [0.4, 0.5) is 0 Å². The lowest BCUT2D eigenvalue weighted by Gasteiger charge is -2.23. The minimum absolute atomic E-state index is 0.302. The van der Waals surface area contributed by atoms with Crippen molar-refractivity contribution in [1.82, 2.24) is 0 Å². The average Bonchev–Trinajstić information content (AvgIpc) is 2.71. The predicted molar refractivity (Wildman–Crippen MR) is 67.4 cm³/mol. The van der Waals surface area contributed by atoms with E-state index in [1.807, 2.05) is 12.1 Å². The smallest absolute Gasteiger partial charge is 0.185 e. The first-order valence-corrected chi connectivity index (χ1v) is 7.70. The minimum atomic E-state index is -3.18. The number of rotatable bonds is 2. The Hall–Kier alpha value is -1.09. The maximum absolute atomic E-state index is 12.5. The quantitative estimate of drug-likeness (QED) is 0.754. The normalized spacial score (nSPS) is 31.6. The fraction of sp³-hybridized carbons (Fsp3) is 0.429. The Bertz CT molecular complexity index is 531. The lowest BCUT2D eigenvalue weighted by atomic mass is 9.95. The summed E-state index contributed by atoms with van der Waals surface area (Å²) in [6.45, 7) is 0. The molecule has 0 aromatic heterocycles. The zero-order valence-electron chi connectivity index (χ0n) is 9.62. The minimum Gasteiger partial charge on any atom is -0.223 e. The van der Waals surface area contributed by atoms with Crippen molar-refractivity contribution in [3.05, 3.63) is 42.5 Å². The summed E-state index contributed by atoms with van der Waals surface area (Å²) < 4.78 is 25.0. The summed E-state index contributed by atoms with van der Waals surface area (Å²) in [5.74, 6) is 0.956. The number of hydrogen-bond donors (Lipinski definition) is 0. The van der Waals surface area contributed by atoms with Gasteiger partial charge in [-0.25, -0.2) is 8.42 Å². The largest absolute Gasteiger partial charge is 0.223 e. The Balaban J connectivity index is 1.99. The van der Waals surface area contributed by atoms with E-state index in [1.54, 1.807) is 24.3 Å². The lowest BCUT2D eigenvalue weighted by molar-refractivity contribution is 0.497. The fourth-order valence-electron chi connectivity index (χ4n) is 3.07. The Morgan fingerprint density at radius 1 is 1.00 bits per heavy atom. The van der Waals surface area contributed by atoms with Gasteiger partial charge in [-0.3, -0.25) is 0 Å². The Morgan fingerprint density at radius 3 is 2.53 bits per heavy atom. The van der Waals surface area contributed by atoms with Gasteiger partial charge in [-0.2, -0.15) is 0 Å². The van der Waals surface area contributed by atoms with Gasteiger partial charge in [0.15, 0.2) is 9.84 Å². The average molecular weight is 248 g/mol. The van der Waals surface area contributed by atoms with Gasteiger partial charge in [-0.15, -0.1) is 0 Å². The Kier molecular flexibility index (Phi) is 2.58. The highest BCUT2D eigenvalue weighted by Crippen LogP contribution is 2.42. The second kappa shape index (κ2) is 3.98. The SMILES string of the molecule is O=S(=O)(c1ccccc1)C1C=CC2CCC1C2. The fourth-order valence-corrected chi connectivity index (χ4v) is 4.98. The molecule has 3 atom stereocenters. The van der Waals surface area contributed by atoms with Crippen LogP contribution in [0.2, 0.25) is 0 Å². The predicted octanol–water partition coefficient (Wildman–Crippen LogP) is 2.82. The van der Waals surface area contributed by atoms with Gasteiger partial charge in [0.25, 0.3) is 0 Å². The molecule has 0 saturated heterocycles. The van der Waals surface area contributed by atoms with Gasteiger partial charge in [0, 0.05) is 0 Å². The monoisotopic (exact) mass is 248 g/mol. The molecule has 1 saturated carbocycles. The zero-order chi connectivity index (χ0) is 11.9. The molecule has 2 aliphatic carbocycles. The Morgan fingerprint density at radius 2 is 1.76 bits per heavy atom. The van der Waals surface area contributed by atoms with E-state index in [9.17, 15) is 8.42 Å². The van der Waals surface area contributed by atoms with Crippen LogP contribution < -0.4 is 0 Å². The molecule has 3 rings (SSSR count). The van der Waals surface area contributed by atoms with Crippen LogP contribution in [0.5, 0.6) is 0 Å². The topological polar surface area (TPSA) is 34.1 Å². The summed E-state index contributed by atoms with van der Waals surface area (Å²) in [4.78, 5) is 0.458. The van der Waals surface area contributed by atoms with Gasteiger partial charge in [0.2, 0.25) is 0 Å². The first-order valence-electron chi connectivity index (χ1n) is 6.15. The molecule has 1 aromatic carbocycles. The summed E-state index contributed by atoms with van der Waals surface area (Å²) in [5.41, 5.74) is 0. The molecule has 0 amide bonds. The second-order valence-corrected chi connectivity index (χ2v) is 7.15. The van der Waals surface area contributed by atoms with Crippen molar-refractivity contribution < 1.29 is 8.42 Å². The summed E-state index contributed by atoms with van der Waals surface area (Å²) in [5, 5.41) is -0.302. The molecule has 0 aliphatic heterocycles. The standard InChI is InChI=1S/C14H16O2S/c15-17(16,13-4-2-1-3-5-13)14-9-7-11-6-8-12(14)10-11/h1-5,7,9,11-12,14H,6,8,10H2. The molecule has 0 spiro atoms. The van der Waals surface area contributed by atoms with Gasteiger partial charge in [-0.05, 0) is 43.2 Å². The van der Waals surface area contributed by atoms with E-state index in [4.69, 9.17) is 0 Å². The van der Waals surface area contributed by atoms with Crippen molar-refractivity contribution in [2.24, 2.45) is 11.8 Å². The molecular weight excluding hydrogens is 232 g/mol. The van der Waals surface area contributed by atoms with E-state index in [1.165, 1.54) is 0 Å². The second-order valence-electron chi connectivity index (χ2n) is 5.04. The van der Waals surface area contributed by atoms with Crippen LogP contribution in [0.1, 0.15) is 19.3 Å². The highest BCUT2D eigenvalue weighted by Gasteiger charge is 2.39. The molecule has 1 fully saturated rings. The van der Waals surface area contributed by atoms with E-state index < -0.39 is 9.84 Å². The molecule has 2 bridgehead atoms. The van der Waals surface area contributed by atoms with Gasteiger partial charge in [0.05, 0.1) is 10.1 Å². The van der Waals surface area contributed by atoms with Gasteiger partial charge >= 0.3 is 0 Å². The number of sulfone groups is 1. The first-order chi connectivity index (χ1) is 8.18. The molecule has 3 heteroatoms. The van der Waals surface area contributed by atoms with Crippen molar-refractivity contribution in [3.63, 3.8) is 0 Å². The molecule has 2 nitrogen and oxygen atoms in total. The van der Waals surface area contributed by atoms with Crippen LogP contribution >= 0.6 is 0 Å². The maximum atomic E-state index is 12.5. The van der Waals surface area contributed by atoms with E-state index in [0.29, 0.717) is 16.7 Å². The third-order valence-electron chi connectivity index (χ3n) is 3.98. The van der Waals surface area contributed by atoms with Crippen LogP contribution in [-0.4, -0.2) is 13.7 Å². The third kappa shape index (κ3) is 1.82. The van der Waals surface area contributed by atoms with Crippen LogP contribution in [-0.2, 0) is 9.84 Å². The molecule has 17 heavy (non-hydrogen) atoms. The van der Waals surface area contributed by atoms with Crippen molar-refractivity contribution in [2.45, 2.75) is 29.4 Å². The molecule has 0 heterocycles. The van der Waals surface area contributed by atoms with Crippen LogP contribution in [0.25, 0.3) is 0 Å². The zero-order valence-corrected chi connectivity index (χ0v) is 10.4. The summed E-state index contributed by atoms with van der Waals surface area (Å²) in [6, 6.07) is 8.82. The van der Waals surface area contributed by atoms with Crippen LogP contribution in [0, 0.1) is 11.8 Å². The van der Waals surface area contributed by atoms with Crippen LogP contribution in [0.15, 0.2) is 47.4 Å². The van der Waals surface area contributed by atoms with Crippen molar-refractivity contribution in [1.29, 1.82) is 0 Å². The van der Waals surface area contributed by atoms with E-state index in [0.717, 1.165) is 19.3 Å². The van der Waals surface area contributed by atoms with Crippen molar-refractivity contribution in [3.8, 4) is 0 Å². The van der Waals surface area contributed by atoms with E-state index >= 15 is 0 Å². The number of allylic oxidation sites excluding steroid dienone is 1. The molecule has 3 unspecified atom stereocenters. The highest BCUT2D eigenvalue weighted by molar-refractivity contribution is 7.92. The maximum Gasteiger partial charge on any atom is 0.185 e. The first kappa shape index (κ1) is 11.0. The molecule has 0 N–H and O–H groups in total. The summed E-state index contributed by atoms with van der Waals surface area (Å²) in [6.07, 6.45) is 7.28. The third-order valence-corrected chi connectivity index (χ3v) is 6.17. The summed E-state index contributed by atoms with van der Waals surface area (Å²) in [7, 11) is -3.18. The molecule has 2 aliphatic rings. The number of hydrogen-bond acceptors (Lipinski definition) is 2. The molecule has 1 aromatic rings. The van der Waals surface area contributed by atoms with E-state index in [2.05, 4.69) is 6.08 Å². The van der Waals surface area contributed by atoms with E-state index in [-0.39, 0.29) is 5.25 Å². The van der Waals surface area contributed by atoms with Gasteiger partial charge in [0.1, 0.15) is 0 Å². The summed E-state index contributed by atoms with van der Waals surface area (Å²) >= 11 is 0. The van der Waals surface area contributed by atoms with Crippen molar-refractivity contribution in [2.75, 3.05) is 0 Å².